The predicted molar refractivity (Wildman–Crippen MR) is 80.7 cm³/mol. The SMILES string of the molecule is N#Cc1cccc(CN(CCC(=O)O)C2CCCCC2)c1. The molecule has 1 aromatic rings. The minimum Gasteiger partial charge on any atom is -0.481 e. The molecule has 1 aromatic carbocycles. The Kier molecular flexibility index (Phi) is 5.77. The molecular weight excluding hydrogens is 264 g/mol. The van der Waals surface area contributed by atoms with Gasteiger partial charge in [0.05, 0.1) is 18.1 Å². The van der Waals surface area contributed by atoms with Crippen LogP contribution in [0.3, 0.4) is 0 Å². The van der Waals surface area contributed by atoms with Gasteiger partial charge in [-0.2, -0.15) is 5.26 Å². The van der Waals surface area contributed by atoms with E-state index in [9.17, 15) is 4.79 Å². The fraction of sp³-hybridized carbons (Fsp3) is 0.529. The zero-order valence-electron chi connectivity index (χ0n) is 12.3. The van der Waals surface area contributed by atoms with Crippen LogP contribution >= 0.6 is 0 Å². The summed E-state index contributed by atoms with van der Waals surface area (Å²) in [5, 5.41) is 17.9. The molecule has 1 aliphatic carbocycles. The lowest BCUT2D eigenvalue weighted by Crippen LogP contribution is -2.37. The number of hydrogen-bond donors (Lipinski definition) is 1. The Balaban J connectivity index is 2.06. The molecule has 0 unspecified atom stereocenters. The third-order valence-electron chi connectivity index (χ3n) is 4.15. The highest BCUT2D eigenvalue weighted by Gasteiger charge is 2.21. The van der Waals surface area contributed by atoms with Crippen molar-refractivity contribution in [2.24, 2.45) is 0 Å². The maximum atomic E-state index is 10.9. The van der Waals surface area contributed by atoms with E-state index in [1.54, 1.807) is 6.07 Å². The topological polar surface area (TPSA) is 64.3 Å². The van der Waals surface area contributed by atoms with E-state index in [0.717, 1.165) is 24.9 Å². The molecule has 0 radical (unpaired) electrons. The van der Waals surface area contributed by atoms with Crippen LogP contribution in [0.5, 0.6) is 0 Å². The molecule has 0 heterocycles. The largest absolute Gasteiger partial charge is 0.481 e. The number of carboxylic acids is 1. The molecule has 0 aromatic heterocycles. The zero-order valence-corrected chi connectivity index (χ0v) is 12.3. The number of benzene rings is 1. The highest BCUT2D eigenvalue weighted by molar-refractivity contribution is 5.66. The Bertz CT molecular complexity index is 516. The van der Waals surface area contributed by atoms with Gasteiger partial charge in [-0.25, -0.2) is 0 Å². The van der Waals surface area contributed by atoms with E-state index in [0.29, 0.717) is 18.2 Å². The minimum atomic E-state index is -0.749. The average Bonchev–Trinajstić information content (AvgIpc) is 2.52. The molecule has 112 valence electrons. The van der Waals surface area contributed by atoms with Gasteiger partial charge in [0.1, 0.15) is 0 Å². The molecule has 0 aliphatic heterocycles. The van der Waals surface area contributed by atoms with Gasteiger partial charge < -0.3 is 5.11 Å². The first-order chi connectivity index (χ1) is 10.2. The number of carboxylic acid groups (broad SMARTS) is 1. The number of hydrogen-bond acceptors (Lipinski definition) is 3. The first-order valence-corrected chi connectivity index (χ1v) is 7.64. The standard InChI is InChI=1S/C17H22N2O2/c18-12-14-5-4-6-15(11-14)13-19(10-9-17(20)21)16-7-2-1-3-8-16/h4-6,11,16H,1-3,7-10,13H2,(H,20,21). The number of nitrogens with zero attached hydrogens (tertiary/aromatic N) is 2. The summed E-state index contributed by atoms with van der Waals surface area (Å²) in [6, 6.07) is 10.2. The van der Waals surface area contributed by atoms with Crippen LogP contribution in [-0.2, 0) is 11.3 Å². The van der Waals surface area contributed by atoms with Gasteiger partial charge in [-0.1, -0.05) is 31.4 Å². The Hall–Kier alpha value is -1.86. The lowest BCUT2D eigenvalue weighted by Gasteiger charge is -2.34. The monoisotopic (exact) mass is 286 g/mol. The van der Waals surface area contributed by atoms with Crippen LogP contribution in [0.1, 0.15) is 49.7 Å². The van der Waals surface area contributed by atoms with E-state index in [1.165, 1.54) is 19.3 Å². The summed E-state index contributed by atoms with van der Waals surface area (Å²) in [6.07, 6.45) is 6.22. The van der Waals surface area contributed by atoms with E-state index in [4.69, 9.17) is 10.4 Å². The van der Waals surface area contributed by atoms with Crippen molar-refractivity contribution in [3.8, 4) is 6.07 Å². The summed E-state index contributed by atoms with van der Waals surface area (Å²) >= 11 is 0. The van der Waals surface area contributed by atoms with Gasteiger partial charge >= 0.3 is 5.97 Å². The van der Waals surface area contributed by atoms with Crippen molar-refractivity contribution >= 4 is 5.97 Å². The summed E-state index contributed by atoms with van der Waals surface area (Å²) in [6.45, 7) is 1.31. The van der Waals surface area contributed by atoms with Gasteiger partial charge in [-0.05, 0) is 30.5 Å². The molecule has 21 heavy (non-hydrogen) atoms. The highest BCUT2D eigenvalue weighted by atomic mass is 16.4. The van der Waals surface area contributed by atoms with Gasteiger partial charge in [0.2, 0.25) is 0 Å². The molecule has 1 fully saturated rings. The zero-order chi connectivity index (χ0) is 15.1. The Labute approximate surface area is 126 Å². The normalized spacial score (nSPS) is 15.8. The summed E-state index contributed by atoms with van der Waals surface area (Å²) in [7, 11) is 0. The molecule has 2 rings (SSSR count). The van der Waals surface area contributed by atoms with Crippen molar-refractivity contribution in [3.05, 3.63) is 35.4 Å². The fourth-order valence-corrected chi connectivity index (χ4v) is 3.05. The smallest absolute Gasteiger partial charge is 0.304 e. The number of rotatable bonds is 6. The van der Waals surface area contributed by atoms with Crippen LogP contribution in [0.4, 0.5) is 0 Å². The number of carbonyl (C=O) groups is 1. The number of nitriles is 1. The van der Waals surface area contributed by atoms with E-state index < -0.39 is 5.97 Å². The van der Waals surface area contributed by atoms with Gasteiger partial charge in [-0.3, -0.25) is 9.69 Å². The van der Waals surface area contributed by atoms with Crippen molar-refractivity contribution in [2.75, 3.05) is 6.54 Å². The Morgan fingerprint density at radius 2 is 2.10 bits per heavy atom. The van der Waals surface area contributed by atoms with Crippen molar-refractivity contribution in [1.82, 2.24) is 4.90 Å². The van der Waals surface area contributed by atoms with Crippen LogP contribution in [-0.4, -0.2) is 28.6 Å². The van der Waals surface area contributed by atoms with Crippen molar-refractivity contribution in [2.45, 2.75) is 51.1 Å². The minimum absolute atomic E-state index is 0.175. The molecule has 1 N–H and O–H groups in total. The van der Waals surface area contributed by atoms with Gasteiger partial charge in [0, 0.05) is 19.1 Å². The molecule has 0 amide bonds. The van der Waals surface area contributed by atoms with Crippen LogP contribution in [0.15, 0.2) is 24.3 Å². The average molecular weight is 286 g/mol. The molecule has 0 bridgehead atoms. The number of aliphatic carboxylic acids is 1. The van der Waals surface area contributed by atoms with Gasteiger partial charge in [0.15, 0.2) is 0 Å². The van der Waals surface area contributed by atoms with E-state index >= 15 is 0 Å². The van der Waals surface area contributed by atoms with E-state index in [2.05, 4.69) is 11.0 Å². The second kappa shape index (κ2) is 7.80. The quantitative estimate of drug-likeness (QED) is 0.872. The molecule has 1 aliphatic rings. The van der Waals surface area contributed by atoms with Gasteiger partial charge in [0.25, 0.3) is 0 Å². The molecule has 1 saturated carbocycles. The van der Waals surface area contributed by atoms with Crippen LogP contribution in [0, 0.1) is 11.3 Å². The highest BCUT2D eigenvalue weighted by Crippen LogP contribution is 2.24. The second-order valence-corrected chi connectivity index (χ2v) is 5.72. The fourth-order valence-electron chi connectivity index (χ4n) is 3.05. The van der Waals surface area contributed by atoms with Crippen molar-refractivity contribution in [1.29, 1.82) is 5.26 Å². The van der Waals surface area contributed by atoms with Crippen molar-refractivity contribution in [3.63, 3.8) is 0 Å². The second-order valence-electron chi connectivity index (χ2n) is 5.72. The summed E-state index contributed by atoms with van der Waals surface area (Å²) in [5.41, 5.74) is 1.75. The third kappa shape index (κ3) is 4.87. The maximum absolute atomic E-state index is 10.9. The summed E-state index contributed by atoms with van der Waals surface area (Å²) < 4.78 is 0. The lowest BCUT2D eigenvalue weighted by molar-refractivity contribution is -0.137. The van der Waals surface area contributed by atoms with E-state index in [-0.39, 0.29) is 6.42 Å². The molecule has 0 spiro atoms. The van der Waals surface area contributed by atoms with Crippen molar-refractivity contribution < 1.29 is 9.90 Å². The molecular formula is C17H22N2O2. The van der Waals surface area contributed by atoms with Gasteiger partial charge in [-0.15, -0.1) is 0 Å². The molecule has 0 atom stereocenters. The maximum Gasteiger partial charge on any atom is 0.304 e. The summed E-state index contributed by atoms with van der Waals surface area (Å²) in [4.78, 5) is 13.2. The van der Waals surface area contributed by atoms with Crippen LogP contribution in [0.25, 0.3) is 0 Å². The predicted octanol–water partition coefficient (Wildman–Crippen LogP) is 3.17. The Morgan fingerprint density at radius 1 is 1.33 bits per heavy atom. The Morgan fingerprint density at radius 3 is 2.76 bits per heavy atom. The van der Waals surface area contributed by atoms with Crippen LogP contribution in [0.2, 0.25) is 0 Å². The third-order valence-corrected chi connectivity index (χ3v) is 4.15. The van der Waals surface area contributed by atoms with E-state index in [1.807, 2.05) is 18.2 Å². The summed E-state index contributed by atoms with van der Waals surface area (Å²) in [5.74, 6) is -0.749. The van der Waals surface area contributed by atoms with Crippen LogP contribution < -0.4 is 0 Å². The molecule has 0 saturated heterocycles. The molecule has 4 heteroatoms. The first-order valence-electron chi connectivity index (χ1n) is 7.64. The molecule has 4 nitrogen and oxygen atoms in total. The first kappa shape index (κ1) is 15.5. The lowest BCUT2D eigenvalue weighted by atomic mass is 9.93.